The number of carboxylic acids is 1. The van der Waals surface area contributed by atoms with E-state index in [0.717, 1.165) is 40.2 Å². The third-order valence-corrected chi connectivity index (χ3v) is 8.27. The molecule has 2 aliphatic heterocycles. The maximum atomic E-state index is 12.2. The number of aromatic nitrogens is 2. The van der Waals surface area contributed by atoms with E-state index in [2.05, 4.69) is 102 Å². The molecule has 2 aliphatic rings. The minimum absolute atomic E-state index is 0. The van der Waals surface area contributed by atoms with Crippen molar-refractivity contribution in [1.82, 2.24) is 19.8 Å². The average molecular weight is 1280 g/mol. The number of nitrogens with two attached hydrogens (primary N) is 1. The molecule has 2 amide bonds. The summed E-state index contributed by atoms with van der Waals surface area (Å²) in [5, 5.41) is 8.69. The molecule has 2 saturated heterocycles. The number of rotatable bonds is 6. The maximum absolute atomic E-state index is 12.2. The Balaban J connectivity index is 0. The number of nitrogens with zero attached hydrogens (tertiary/aromatic N) is 4. The van der Waals surface area contributed by atoms with Gasteiger partial charge in [-0.3, -0.25) is 19.6 Å². The number of Topliss-reactive ketones (excluding diaryl/α,β-unsaturated/α-hetero) is 1. The van der Waals surface area contributed by atoms with Gasteiger partial charge in [0.1, 0.15) is 17.0 Å². The summed E-state index contributed by atoms with van der Waals surface area (Å²) in [6.07, 6.45) is 10.5. The van der Waals surface area contributed by atoms with E-state index in [9.17, 15) is 19.2 Å². The van der Waals surface area contributed by atoms with Gasteiger partial charge in [-0.1, -0.05) is 7.43 Å². The topological polar surface area (TPSA) is 165 Å². The summed E-state index contributed by atoms with van der Waals surface area (Å²) in [6.45, 7) is 13.6. The van der Waals surface area contributed by atoms with Crippen LogP contribution in [0.1, 0.15) is 93.1 Å². The molecule has 3 N–H and O–H groups in total. The second-order valence-electron chi connectivity index (χ2n) is 14.5. The molecular weight excluding hydrogens is 1220 g/mol. The molecule has 2 aromatic rings. The van der Waals surface area contributed by atoms with Crippen molar-refractivity contribution in [3.63, 3.8) is 0 Å². The number of aliphatic carboxylic acids is 1. The zero-order valence-electron chi connectivity index (χ0n) is 32.0. The molecule has 0 atom stereocenters. The molecule has 0 aromatic carbocycles. The first-order chi connectivity index (χ1) is 24.5. The molecule has 0 bridgehead atoms. The van der Waals surface area contributed by atoms with E-state index in [1.54, 1.807) is 40.7 Å². The molecule has 18 heteroatoms. The molecule has 55 heavy (non-hydrogen) atoms. The van der Waals surface area contributed by atoms with Crippen molar-refractivity contribution in [2.45, 2.75) is 105 Å². The quantitative estimate of drug-likeness (QED) is 0.210. The van der Waals surface area contributed by atoms with Crippen LogP contribution in [0.5, 0.6) is 0 Å². The third-order valence-electron chi connectivity index (χ3n) is 7.40. The second kappa shape index (κ2) is 28.9. The number of hydrogen-bond acceptors (Lipinski definition) is 9. The van der Waals surface area contributed by atoms with Gasteiger partial charge in [-0.05, 0) is 129 Å². The normalized spacial score (nSPS) is 14.5. The fraction of sp³-hybridized carbons (Fsp3) is 0.595. The summed E-state index contributed by atoms with van der Waals surface area (Å²) in [7, 11) is 0. The van der Waals surface area contributed by atoms with E-state index in [-0.39, 0.29) is 50.1 Å². The average Bonchev–Trinajstić information content (AvgIpc) is 3.00. The van der Waals surface area contributed by atoms with Crippen LogP contribution in [0, 0.1) is 19.3 Å². The Labute approximate surface area is 383 Å². The van der Waals surface area contributed by atoms with Crippen molar-refractivity contribution < 1.29 is 38.7 Å². The van der Waals surface area contributed by atoms with Gasteiger partial charge in [0.05, 0.1) is 5.69 Å². The summed E-state index contributed by atoms with van der Waals surface area (Å²) >= 11 is 14.0. The van der Waals surface area contributed by atoms with E-state index >= 15 is 0 Å². The fourth-order valence-corrected chi connectivity index (χ4v) is 5.94. The van der Waals surface area contributed by atoms with Gasteiger partial charge < -0.3 is 37.5 Å². The molecule has 2 fully saturated rings. The van der Waals surface area contributed by atoms with E-state index in [1.165, 1.54) is 0 Å². The van der Waals surface area contributed by atoms with Crippen LogP contribution in [0.25, 0.3) is 0 Å². The van der Waals surface area contributed by atoms with E-state index < -0.39 is 17.2 Å². The van der Waals surface area contributed by atoms with Gasteiger partial charge in [-0.15, -0.1) is 0 Å². The number of ether oxygens (including phenoxy) is 2. The number of carbonyl (C=O) groups is 4. The van der Waals surface area contributed by atoms with Gasteiger partial charge in [-0.2, -0.15) is 0 Å². The predicted molar refractivity (Wildman–Crippen MR) is 250 cm³/mol. The van der Waals surface area contributed by atoms with E-state index in [4.69, 9.17) is 20.3 Å². The number of halogens is 5. The Kier molecular flexibility index (Phi) is 29.7. The standard InChI is InChI=1S/C18H25BrN2O3.C12H21NO4.C5H5BrN2.CH4.CH3.3HI.V/c1-18(2,3)24-17(23)21-6-4-13(5-7-21)9-16(22)10-14-8-15(19)12-20-11-14;1-12(2,3)17-11(16)13-6-4-9(5-7-13)8-10(14)15;6-4-1-5(7)3-8-2-4;;;;;;/h8,11-13H,4-7,9-10H2,1-3H3;9H,4-8H2,1-3H3,(H,14,15);1-3H,7H2;1H4;1H3;3*1H;/q;;;;-1;;;;+3/p-3. The Bertz CT molecular complexity index is 1430. The SMILES string of the molecule is C.CC(C)(C)OC(=O)N1CCC(CC(=O)Cc2cncc(Br)c2)CC1.CC(C)(C)OC(=O)N1CCC(CC(=O)O)CC1.Nc1cncc(Br)c1.[CH3-].[I][V]([I])[I]. The molecule has 0 aliphatic carbocycles. The molecule has 2 aromatic heterocycles. The Morgan fingerprint density at radius 3 is 1.49 bits per heavy atom. The van der Waals surface area contributed by atoms with Gasteiger partial charge in [0, 0.05) is 79.2 Å². The zero-order chi connectivity index (χ0) is 40.4. The van der Waals surface area contributed by atoms with Crippen molar-refractivity contribution in [2.75, 3.05) is 31.9 Å². The van der Waals surface area contributed by atoms with Crippen LogP contribution in [0.3, 0.4) is 0 Å². The Hall–Kier alpha value is -0.486. The first-order valence-corrected chi connectivity index (χ1v) is 32.1. The van der Waals surface area contributed by atoms with Crippen LogP contribution >= 0.6 is 91.8 Å². The number of amides is 2. The van der Waals surface area contributed by atoms with Crippen LogP contribution < -0.4 is 5.73 Å². The molecule has 4 heterocycles. The minimum atomic E-state index is -0.763. The predicted octanol–water partition coefficient (Wildman–Crippen LogP) is 11.3. The number of carboxylic acid groups (broad SMARTS) is 1. The van der Waals surface area contributed by atoms with Crippen LogP contribution in [0.2, 0.25) is 0 Å². The van der Waals surface area contributed by atoms with Crippen molar-refractivity contribution >= 4 is 121 Å². The molecular formula is C37H58Br2I3N5O7V-. The number of hydrogen-bond donors (Lipinski definition) is 2. The molecule has 4 rings (SSSR count). The molecule has 12 nitrogen and oxygen atoms in total. The van der Waals surface area contributed by atoms with E-state index in [1.807, 2.05) is 47.6 Å². The Morgan fingerprint density at radius 2 is 1.16 bits per heavy atom. The molecule has 0 unspecified atom stereocenters. The first kappa shape index (κ1) is 56.6. The summed E-state index contributed by atoms with van der Waals surface area (Å²) in [5.41, 5.74) is 6.03. The zero-order valence-corrected chi connectivity index (χ0v) is 43.0. The molecule has 0 radical (unpaired) electrons. The van der Waals surface area contributed by atoms with Gasteiger partial charge in [0.2, 0.25) is 0 Å². The summed E-state index contributed by atoms with van der Waals surface area (Å²) < 4.78 is 12.5. The van der Waals surface area contributed by atoms with Gasteiger partial charge in [-0.25, -0.2) is 9.59 Å². The number of anilines is 1. The number of ketones is 1. The monoisotopic (exact) mass is 1270 g/mol. The second-order valence-corrected chi connectivity index (χ2v) is 51.7. The van der Waals surface area contributed by atoms with Crippen LogP contribution in [-0.4, -0.2) is 86.2 Å². The number of pyridine rings is 2. The van der Waals surface area contributed by atoms with Crippen molar-refractivity contribution in [3.8, 4) is 0 Å². The van der Waals surface area contributed by atoms with Crippen molar-refractivity contribution in [3.05, 3.63) is 58.9 Å². The van der Waals surface area contributed by atoms with E-state index in [0.29, 0.717) is 50.6 Å². The van der Waals surface area contributed by atoms with Gasteiger partial charge >= 0.3 is 83.0 Å². The van der Waals surface area contributed by atoms with Crippen LogP contribution in [-0.2, 0) is 30.4 Å². The number of piperidine rings is 2. The third kappa shape index (κ3) is 29.4. The number of likely N-dealkylation sites (tertiary alicyclic amines) is 2. The Morgan fingerprint density at radius 1 is 0.782 bits per heavy atom. The van der Waals surface area contributed by atoms with Crippen LogP contribution in [0.4, 0.5) is 15.3 Å². The number of nitrogen functional groups attached to an aromatic ring is 1. The van der Waals surface area contributed by atoms with Gasteiger partial charge in [0.25, 0.3) is 0 Å². The molecule has 0 spiro atoms. The van der Waals surface area contributed by atoms with Crippen molar-refractivity contribution in [2.24, 2.45) is 11.8 Å². The van der Waals surface area contributed by atoms with Gasteiger partial charge in [0.15, 0.2) is 0 Å². The van der Waals surface area contributed by atoms with Crippen molar-refractivity contribution in [1.29, 1.82) is 0 Å². The first-order valence-electron chi connectivity index (χ1n) is 16.9. The summed E-state index contributed by atoms with van der Waals surface area (Å²) in [4.78, 5) is 57.6. The summed E-state index contributed by atoms with van der Waals surface area (Å²) in [6, 6.07) is 3.73. The van der Waals surface area contributed by atoms with Crippen LogP contribution in [0.15, 0.2) is 45.9 Å². The summed E-state index contributed by atoms with van der Waals surface area (Å²) in [5.74, 6) is -0.00572. The molecule has 0 saturated carbocycles. The number of carbonyl (C=O) groups excluding carboxylic acids is 3. The fourth-order valence-electron chi connectivity index (χ4n) is 5.14. The molecule has 314 valence electrons.